The van der Waals surface area contributed by atoms with Crippen molar-refractivity contribution in [1.82, 2.24) is 0 Å². The molecule has 3 nitrogen and oxygen atoms in total. The Hall–Kier alpha value is 0.387. The predicted octanol–water partition coefficient (Wildman–Crippen LogP) is 11.9. The fourth-order valence-corrected chi connectivity index (χ4v) is 8.99. The fraction of sp³-hybridized carbons (Fsp3) is 1.00. The Labute approximate surface area is 319 Å². The molecule has 0 spiro atoms. The van der Waals surface area contributed by atoms with Crippen LogP contribution in [0.3, 0.4) is 0 Å². The zero-order valence-corrected chi connectivity index (χ0v) is 36.5. The molecule has 0 aromatic heterocycles. The highest BCUT2D eigenvalue weighted by molar-refractivity contribution is 6.44. The lowest BCUT2D eigenvalue weighted by Crippen LogP contribution is -3.00. The van der Waals surface area contributed by atoms with Crippen molar-refractivity contribution in [3.63, 3.8) is 0 Å². The molecule has 297 valence electrons. The molecular weight excluding hydrogens is 638 g/mol. The maximum atomic E-state index is 5.96. The van der Waals surface area contributed by atoms with Crippen LogP contribution in [0.1, 0.15) is 240 Å². The maximum Gasteiger partial charge on any atom is 0.384 e. The second-order valence-corrected chi connectivity index (χ2v) is 17.6. The molecule has 0 saturated carbocycles. The minimum Gasteiger partial charge on any atom is -1.00 e. The fourth-order valence-electron chi connectivity index (χ4n) is 7.53. The topological polar surface area (TPSA) is 18.5 Å². The van der Waals surface area contributed by atoms with Crippen LogP contribution in [-0.2, 0) is 8.85 Å². The van der Waals surface area contributed by atoms with E-state index in [1.165, 1.54) is 236 Å². The van der Waals surface area contributed by atoms with Crippen molar-refractivity contribution >= 4 is 9.28 Å². The van der Waals surface area contributed by atoms with Gasteiger partial charge in [0.1, 0.15) is 0 Å². The molecule has 0 atom stereocenters. The summed E-state index contributed by atoms with van der Waals surface area (Å²) >= 11 is 0. The van der Waals surface area contributed by atoms with Crippen LogP contribution in [0.4, 0.5) is 0 Å². The molecule has 0 amide bonds. The zero-order valence-electron chi connectivity index (χ0n) is 34.7. The quantitative estimate of drug-likeness (QED) is 0.0354. The molecule has 0 N–H and O–H groups in total. The molecule has 0 aliphatic carbocycles. The highest BCUT2D eigenvalue weighted by Crippen LogP contribution is 2.18. The van der Waals surface area contributed by atoms with Gasteiger partial charge in [-0.2, -0.15) is 0 Å². The first-order chi connectivity index (χ1) is 23.6. The molecule has 0 rings (SSSR count). The van der Waals surface area contributed by atoms with E-state index in [2.05, 4.69) is 34.7 Å². The number of halogens is 1. The normalized spacial score (nSPS) is 11.9. The molecular formula is C44H93ClNO2Si. The number of nitrogens with zero attached hydrogens (tertiary/aromatic N) is 1. The first-order valence-electron chi connectivity index (χ1n) is 22.6. The molecule has 0 fully saturated rings. The Kier molecular flexibility index (Phi) is 45.0. The van der Waals surface area contributed by atoms with Gasteiger partial charge in [0.05, 0.1) is 26.7 Å². The summed E-state index contributed by atoms with van der Waals surface area (Å²) in [5.74, 6) is 0. The van der Waals surface area contributed by atoms with E-state index in [0.29, 0.717) is 0 Å². The molecule has 0 aliphatic rings. The van der Waals surface area contributed by atoms with Gasteiger partial charge < -0.3 is 25.7 Å². The monoisotopic (exact) mass is 731 g/mol. The van der Waals surface area contributed by atoms with Gasteiger partial charge in [-0.15, -0.1) is 0 Å². The van der Waals surface area contributed by atoms with Crippen molar-refractivity contribution in [2.45, 2.75) is 246 Å². The number of rotatable bonds is 42. The third-order valence-electron chi connectivity index (χ3n) is 10.8. The van der Waals surface area contributed by atoms with Crippen LogP contribution in [0.25, 0.3) is 0 Å². The molecule has 0 aromatic carbocycles. The van der Waals surface area contributed by atoms with E-state index in [0.717, 1.165) is 19.3 Å². The van der Waals surface area contributed by atoms with Gasteiger partial charge in [0.25, 0.3) is 0 Å². The lowest BCUT2D eigenvalue weighted by atomic mass is 10.0. The van der Waals surface area contributed by atoms with E-state index in [-0.39, 0.29) is 12.4 Å². The largest absolute Gasteiger partial charge is 1.00 e. The number of unbranched alkanes of at least 4 members (excludes halogenated alkanes) is 30. The first-order valence-corrected chi connectivity index (χ1v) is 24.1. The average Bonchev–Trinajstić information content (AvgIpc) is 3.08. The highest BCUT2D eigenvalue weighted by atomic mass is 35.5. The van der Waals surface area contributed by atoms with Gasteiger partial charge in [0.15, 0.2) is 0 Å². The van der Waals surface area contributed by atoms with Crippen LogP contribution in [0.2, 0.25) is 6.04 Å². The predicted molar refractivity (Wildman–Crippen MR) is 218 cm³/mol. The molecule has 0 saturated heterocycles. The Morgan fingerprint density at radius 2 is 0.551 bits per heavy atom. The summed E-state index contributed by atoms with van der Waals surface area (Å²) in [6.45, 7) is 14.4. The average molecular weight is 732 g/mol. The van der Waals surface area contributed by atoms with Crippen LogP contribution in [0.15, 0.2) is 0 Å². The number of hydrogen-bond acceptors (Lipinski definition) is 2. The van der Waals surface area contributed by atoms with Gasteiger partial charge in [-0.3, -0.25) is 0 Å². The van der Waals surface area contributed by atoms with Gasteiger partial charge in [-0.25, -0.2) is 0 Å². The Bertz CT molecular complexity index is 553. The first kappa shape index (κ1) is 51.5. The molecule has 5 heteroatoms. The third-order valence-corrected chi connectivity index (χ3v) is 12.8. The molecule has 49 heavy (non-hydrogen) atoms. The van der Waals surface area contributed by atoms with Crippen LogP contribution < -0.4 is 12.4 Å². The molecule has 1 radical (unpaired) electrons. The maximum absolute atomic E-state index is 5.96. The Morgan fingerprint density at radius 3 is 0.796 bits per heavy atom. The summed E-state index contributed by atoms with van der Waals surface area (Å²) in [5, 5.41) is 0. The molecule has 0 bridgehead atoms. The second-order valence-electron chi connectivity index (χ2n) is 15.7. The van der Waals surface area contributed by atoms with Crippen molar-refractivity contribution in [1.29, 1.82) is 0 Å². The van der Waals surface area contributed by atoms with Gasteiger partial charge in [0, 0.05) is 13.2 Å². The lowest BCUT2D eigenvalue weighted by molar-refractivity contribution is -0.910. The summed E-state index contributed by atoms with van der Waals surface area (Å²) in [4.78, 5) is 0. The zero-order chi connectivity index (χ0) is 35.1. The van der Waals surface area contributed by atoms with Crippen molar-refractivity contribution < 1.29 is 25.7 Å². The summed E-state index contributed by atoms with van der Waals surface area (Å²) < 4.78 is 13.2. The minimum atomic E-state index is -1.08. The summed E-state index contributed by atoms with van der Waals surface area (Å²) in [6, 6.07) is 1.14. The van der Waals surface area contributed by atoms with Crippen molar-refractivity contribution in [3.05, 3.63) is 0 Å². The van der Waals surface area contributed by atoms with Gasteiger partial charge in [0.2, 0.25) is 0 Å². The standard InChI is InChI=1S/C44H93NO2Si.ClH/c1-6-10-12-14-16-18-20-22-24-26-28-30-32-34-36-38-41-45(5,43-40-44-48(46-8-3)47-9-4)42-39-37-35-33-31-29-27-25-23-21-19-17-15-13-11-7-2;/h6-44H2,1-5H3;1H/q+1;/p-1. The molecule has 0 heterocycles. The second kappa shape index (κ2) is 42.8. The SMILES string of the molecule is CCCCCCCCCCCCCCCCCC[N+](C)(CCCCCCCCCCCCCCCCCC)CCC[Si](OCC)OCC.[Cl-]. The van der Waals surface area contributed by atoms with Gasteiger partial charge in [-0.05, 0) is 52.0 Å². The van der Waals surface area contributed by atoms with Crippen LogP contribution >= 0.6 is 0 Å². The van der Waals surface area contributed by atoms with Crippen LogP contribution in [0, 0.1) is 0 Å². The number of quaternary nitrogens is 1. The van der Waals surface area contributed by atoms with E-state index < -0.39 is 9.28 Å². The van der Waals surface area contributed by atoms with Crippen LogP contribution in [-0.4, -0.2) is 53.7 Å². The molecule has 0 aliphatic heterocycles. The smallest absolute Gasteiger partial charge is 0.384 e. The molecule has 0 unspecified atom stereocenters. The molecule has 0 aromatic rings. The summed E-state index contributed by atoms with van der Waals surface area (Å²) in [7, 11) is 1.48. The van der Waals surface area contributed by atoms with E-state index in [1.54, 1.807) is 0 Å². The van der Waals surface area contributed by atoms with Crippen molar-refractivity contribution in [2.24, 2.45) is 0 Å². The van der Waals surface area contributed by atoms with Crippen LogP contribution in [0.5, 0.6) is 0 Å². The lowest BCUT2D eigenvalue weighted by Gasteiger charge is -2.35. The third kappa shape index (κ3) is 39.4. The van der Waals surface area contributed by atoms with Crippen molar-refractivity contribution in [2.75, 3.05) is 39.9 Å². The van der Waals surface area contributed by atoms with E-state index >= 15 is 0 Å². The Balaban J connectivity index is 0. The Morgan fingerprint density at radius 1 is 0.327 bits per heavy atom. The van der Waals surface area contributed by atoms with Gasteiger partial charge in [-0.1, -0.05) is 194 Å². The van der Waals surface area contributed by atoms with Gasteiger partial charge >= 0.3 is 9.28 Å². The highest BCUT2D eigenvalue weighted by Gasteiger charge is 2.23. The minimum absolute atomic E-state index is 0. The number of hydrogen-bond donors (Lipinski definition) is 0. The van der Waals surface area contributed by atoms with E-state index in [4.69, 9.17) is 8.85 Å². The van der Waals surface area contributed by atoms with E-state index in [1.807, 2.05) is 0 Å². The van der Waals surface area contributed by atoms with Crippen molar-refractivity contribution in [3.8, 4) is 0 Å². The van der Waals surface area contributed by atoms with E-state index in [9.17, 15) is 0 Å². The summed E-state index contributed by atoms with van der Waals surface area (Å²) in [6.07, 6.45) is 47.7. The summed E-state index contributed by atoms with van der Waals surface area (Å²) in [5.41, 5.74) is 0.